The number of nitrogens with one attached hydrogen (secondary N) is 1. The predicted molar refractivity (Wildman–Crippen MR) is 82.5 cm³/mol. The Bertz CT molecular complexity index is 576. The van der Waals surface area contributed by atoms with Gasteiger partial charge in [-0.2, -0.15) is 0 Å². The lowest BCUT2D eigenvalue weighted by Crippen LogP contribution is -2.26. The van der Waals surface area contributed by atoms with E-state index in [1.165, 1.54) is 12.1 Å². The van der Waals surface area contributed by atoms with Gasteiger partial charge in [0.15, 0.2) is 0 Å². The Hall–Kier alpha value is -1.94. The van der Waals surface area contributed by atoms with Crippen molar-refractivity contribution in [2.45, 2.75) is 39.5 Å². The molecule has 2 rings (SSSR count). The lowest BCUT2D eigenvalue weighted by Gasteiger charge is -2.21. The van der Waals surface area contributed by atoms with E-state index in [1.807, 2.05) is 12.1 Å². The van der Waals surface area contributed by atoms with Crippen molar-refractivity contribution in [3.8, 4) is 0 Å². The average Bonchev–Trinajstić information content (AvgIpc) is 2.39. The predicted octanol–water partition coefficient (Wildman–Crippen LogP) is 4.15. The maximum Gasteiger partial charge on any atom is 0.126 e. The summed E-state index contributed by atoms with van der Waals surface area (Å²) in [6.45, 7) is 7.23. The molecule has 0 saturated heterocycles. The fourth-order valence-corrected chi connectivity index (χ4v) is 1.88. The number of benzene rings is 1. The quantitative estimate of drug-likeness (QED) is 0.897. The van der Waals surface area contributed by atoms with Gasteiger partial charge in [-0.25, -0.2) is 9.37 Å². The van der Waals surface area contributed by atoms with E-state index in [0.29, 0.717) is 13.2 Å². The van der Waals surface area contributed by atoms with E-state index in [1.54, 1.807) is 18.3 Å². The molecule has 0 aliphatic carbocycles. The molecule has 0 atom stereocenters. The topological polar surface area (TPSA) is 34.1 Å². The van der Waals surface area contributed by atoms with E-state index in [4.69, 9.17) is 4.74 Å². The molecule has 0 saturated carbocycles. The number of rotatable bonds is 5. The van der Waals surface area contributed by atoms with Gasteiger partial charge in [0, 0.05) is 11.7 Å². The third kappa shape index (κ3) is 5.52. The van der Waals surface area contributed by atoms with Crippen LogP contribution in [0.15, 0.2) is 42.6 Å². The van der Waals surface area contributed by atoms with Gasteiger partial charge >= 0.3 is 0 Å². The van der Waals surface area contributed by atoms with E-state index in [9.17, 15) is 4.39 Å². The SMILES string of the molecule is CC(C)(C)Nc1cc(COCc2ccc(F)cc2)ccn1. The maximum absolute atomic E-state index is 12.8. The van der Waals surface area contributed by atoms with Crippen molar-refractivity contribution >= 4 is 5.82 Å². The number of hydrogen-bond donors (Lipinski definition) is 1. The molecule has 0 aliphatic heterocycles. The van der Waals surface area contributed by atoms with Gasteiger partial charge in [0.1, 0.15) is 11.6 Å². The molecule has 0 amide bonds. The van der Waals surface area contributed by atoms with Gasteiger partial charge in [-0.1, -0.05) is 12.1 Å². The molecule has 112 valence electrons. The van der Waals surface area contributed by atoms with Crippen LogP contribution in [0.4, 0.5) is 10.2 Å². The zero-order valence-corrected chi connectivity index (χ0v) is 12.7. The summed E-state index contributed by atoms with van der Waals surface area (Å²) in [7, 11) is 0. The van der Waals surface area contributed by atoms with E-state index >= 15 is 0 Å². The van der Waals surface area contributed by atoms with Gasteiger partial charge in [-0.3, -0.25) is 0 Å². The van der Waals surface area contributed by atoms with Crippen LogP contribution in [0.25, 0.3) is 0 Å². The number of halogens is 1. The van der Waals surface area contributed by atoms with Crippen molar-refractivity contribution < 1.29 is 9.13 Å². The second-order valence-electron chi connectivity index (χ2n) is 6.04. The number of aromatic nitrogens is 1. The highest BCUT2D eigenvalue weighted by atomic mass is 19.1. The molecular weight excluding hydrogens is 267 g/mol. The molecule has 2 aromatic rings. The first kappa shape index (κ1) is 15.4. The zero-order chi connectivity index (χ0) is 15.3. The molecule has 1 heterocycles. The molecule has 1 aromatic heterocycles. The zero-order valence-electron chi connectivity index (χ0n) is 12.7. The summed E-state index contributed by atoms with van der Waals surface area (Å²) in [4.78, 5) is 4.29. The Morgan fingerprint density at radius 3 is 2.38 bits per heavy atom. The van der Waals surface area contributed by atoms with Gasteiger partial charge < -0.3 is 10.1 Å². The first-order valence-corrected chi connectivity index (χ1v) is 6.98. The lowest BCUT2D eigenvalue weighted by atomic mass is 10.1. The van der Waals surface area contributed by atoms with Crippen LogP contribution in [0, 0.1) is 5.82 Å². The van der Waals surface area contributed by atoms with Gasteiger partial charge in [0.05, 0.1) is 13.2 Å². The van der Waals surface area contributed by atoms with Crippen LogP contribution < -0.4 is 5.32 Å². The molecule has 0 spiro atoms. The summed E-state index contributed by atoms with van der Waals surface area (Å²) in [6.07, 6.45) is 1.77. The summed E-state index contributed by atoms with van der Waals surface area (Å²) < 4.78 is 18.5. The van der Waals surface area contributed by atoms with Crippen LogP contribution in [0.5, 0.6) is 0 Å². The number of ether oxygens (including phenoxy) is 1. The van der Waals surface area contributed by atoms with Crippen molar-refractivity contribution in [1.82, 2.24) is 4.98 Å². The van der Waals surface area contributed by atoms with Crippen molar-refractivity contribution in [3.63, 3.8) is 0 Å². The Morgan fingerprint density at radius 2 is 1.71 bits per heavy atom. The van der Waals surface area contributed by atoms with Crippen LogP contribution in [0.1, 0.15) is 31.9 Å². The Kier molecular flexibility index (Phi) is 4.91. The first-order chi connectivity index (χ1) is 9.92. The summed E-state index contributed by atoms with van der Waals surface area (Å²) in [5.74, 6) is 0.608. The number of anilines is 1. The maximum atomic E-state index is 12.8. The van der Waals surface area contributed by atoms with Crippen LogP contribution in [-0.2, 0) is 18.0 Å². The van der Waals surface area contributed by atoms with E-state index in [0.717, 1.165) is 16.9 Å². The van der Waals surface area contributed by atoms with Gasteiger partial charge in [-0.15, -0.1) is 0 Å². The molecule has 0 radical (unpaired) electrons. The molecule has 0 fully saturated rings. The first-order valence-electron chi connectivity index (χ1n) is 6.98. The highest BCUT2D eigenvalue weighted by Gasteiger charge is 2.10. The van der Waals surface area contributed by atoms with E-state index in [2.05, 4.69) is 31.1 Å². The van der Waals surface area contributed by atoms with Gasteiger partial charge in [0.2, 0.25) is 0 Å². The fraction of sp³-hybridized carbons (Fsp3) is 0.353. The van der Waals surface area contributed by atoms with Crippen molar-refractivity contribution in [3.05, 3.63) is 59.5 Å². The van der Waals surface area contributed by atoms with Crippen molar-refractivity contribution in [2.75, 3.05) is 5.32 Å². The van der Waals surface area contributed by atoms with Crippen LogP contribution >= 0.6 is 0 Å². The lowest BCUT2D eigenvalue weighted by molar-refractivity contribution is 0.107. The summed E-state index contributed by atoms with van der Waals surface area (Å²) >= 11 is 0. The van der Waals surface area contributed by atoms with E-state index in [-0.39, 0.29) is 11.4 Å². The summed E-state index contributed by atoms with van der Waals surface area (Å²) in [5, 5.41) is 3.33. The minimum Gasteiger partial charge on any atom is -0.372 e. The van der Waals surface area contributed by atoms with Gasteiger partial charge in [0.25, 0.3) is 0 Å². The molecule has 0 bridgehead atoms. The summed E-state index contributed by atoms with van der Waals surface area (Å²) in [6, 6.07) is 10.3. The Morgan fingerprint density at radius 1 is 1.05 bits per heavy atom. The average molecular weight is 288 g/mol. The number of nitrogens with zero attached hydrogens (tertiary/aromatic N) is 1. The Labute approximate surface area is 125 Å². The molecule has 1 N–H and O–H groups in total. The minimum atomic E-state index is -0.231. The van der Waals surface area contributed by atoms with Gasteiger partial charge in [-0.05, 0) is 56.2 Å². The molecule has 4 heteroatoms. The molecule has 3 nitrogen and oxygen atoms in total. The molecular formula is C17H21FN2O. The highest BCUT2D eigenvalue weighted by Crippen LogP contribution is 2.14. The van der Waals surface area contributed by atoms with Crippen LogP contribution in [0.2, 0.25) is 0 Å². The minimum absolute atomic E-state index is 0.0272. The molecule has 21 heavy (non-hydrogen) atoms. The second-order valence-corrected chi connectivity index (χ2v) is 6.04. The largest absolute Gasteiger partial charge is 0.372 e. The molecule has 1 aromatic carbocycles. The normalized spacial score (nSPS) is 11.4. The van der Waals surface area contributed by atoms with Crippen molar-refractivity contribution in [1.29, 1.82) is 0 Å². The van der Waals surface area contributed by atoms with Crippen LogP contribution in [0.3, 0.4) is 0 Å². The fourth-order valence-electron chi connectivity index (χ4n) is 1.88. The molecule has 0 unspecified atom stereocenters. The Balaban J connectivity index is 1.88. The standard InChI is InChI=1S/C17H21FN2O/c1-17(2,3)20-16-10-14(8-9-19-16)12-21-11-13-4-6-15(18)7-5-13/h4-10H,11-12H2,1-3H3,(H,19,20). The number of pyridine rings is 1. The highest BCUT2D eigenvalue weighted by molar-refractivity contribution is 5.39. The second kappa shape index (κ2) is 6.68. The van der Waals surface area contributed by atoms with Crippen molar-refractivity contribution in [2.24, 2.45) is 0 Å². The van der Waals surface area contributed by atoms with E-state index < -0.39 is 0 Å². The third-order valence-electron chi connectivity index (χ3n) is 2.78. The molecule has 0 aliphatic rings. The monoisotopic (exact) mass is 288 g/mol. The smallest absolute Gasteiger partial charge is 0.126 e. The third-order valence-corrected chi connectivity index (χ3v) is 2.78. The summed E-state index contributed by atoms with van der Waals surface area (Å²) in [5.41, 5.74) is 1.98. The number of hydrogen-bond acceptors (Lipinski definition) is 3. The van der Waals surface area contributed by atoms with Crippen LogP contribution in [-0.4, -0.2) is 10.5 Å².